The topological polar surface area (TPSA) is 51.5 Å². The van der Waals surface area contributed by atoms with Crippen LogP contribution in [0.25, 0.3) is 10.8 Å². The maximum atomic E-state index is 12.5. The van der Waals surface area contributed by atoms with Crippen molar-refractivity contribution in [1.82, 2.24) is 9.47 Å². The molecule has 25 heavy (non-hydrogen) atoms. The Hall–Kier alpha value is -2.30. The first kappa shape index (κ1) is 19.0. The van der Waals surface area contributed by atoms with Gasteiger partial charge in [0, 0.05) is 30.2 Å². The van der Waals surface area contributed by atoms with Crippen LogP contribution in [0, 0.1) is 0 Å². The molecule has 0 saturated heterocycles. The van der Waals surface area contributed by atoms with E-state index in [-0.39, 0.29) is 30.2 Å². The summed E-state index contributed by atoms with van der Waals surface area (Å²) in [5.41, 5.74) is -0.0258. The van der Waals surface area contributed by atoms with E-state index in [9.17, 15) is 9.59 Å². The normalized spacial score (nSPS) is 11.3. The largest absolute Gasteiger partial charge is 0.483 e. The number of nitrogens with zero attached hydrogens (tertiary/aromatic N) is 2. The summed E-state index contributed by atoms with van der Waals surface area (Å²) >= 11 is 0. The lowest BCUT2D eigenvalue weighted by molar-refractivity contribution is -0.136. The lowest BCUT2D eigenvalue weighted by Gasteiger charge is -2.30. The average molecular weight is 344 g/mol. The quantitative estimate of drug-likeness (QED) is 0.773. The summed E-state index contributed by atoms with van der Waals surface area (Å²) < 4.78 is 7.48. The molecule has 0 unspecified atom stereocenters. The number of pyridine rings is 1. The van der Waals surface area contributed by atoms with Crippen LogP contribution in [0.2, 0.25) is 0 Å². The van der Waals surface area contributed by atoms with Gasteiger partial charge in [0.25, 0.3) is 11.5 Å². The second kappa shape index (κ2) is 8.19. The number of carbonyl (C=O) groups is 1. The molecule has 1 amide bonds. The third-order valence-electron chi connectivity index (χ3n) is 4.19. The van der Waals surface area contributed by atoms with Crippen molar-refractivity contribution in [3.63, 3.8) is 0 Å². The fourth-order valence-corrected chi connectivity index (χ4v) is 3.22. The molecule has 0 spiro atoms. The molecule has 0 saturated carbocycles. The van der Waals surface area contributed by atoms with Crippen LogP contribution in [-0.2, 0) is 11.3 Å². The van der Waals surface area contributed by atoms with Crippen molar-refractivity contribution in [3.8, 4) is 5.75 Å². The molecular formula is C20H28N2O3. The van der Waals surface area contributed by atoms with E-state index in [0.29, 0.717) is 17.7 Å². The van der Waals surface area contributed by atoms with E-state index < -0.39 is 0 Å². The summed E-state index contributed by atoms with van der Waals surface area (Å²) in [6, 6.07) is 7.51. The Labute approximate surface area is 149 Å². The van der Waals surface area contributed by atoms with Crippen molar-refractivity contribution < 1.29 is 9.53 Å². The van der Waals surface area contributed by atoms with Gasteiger partial charge in [-0.1, -0.05) is 13.0 Å². The highest BCUT2D eigenvalue weighted by Gasteiger charge is 2.20. The second-order valence-corrected chi connectivity index (χ2v) is 6.81. The number of rotatable bonds is 7. The van der Waals surface area contributed by atoms with E-state index in [1.807, 2.05) is 40.7 Å². The Morgan fingerprint density at radius 3 is 2.40 bits per heavy atom. The standard InChI is InChI=1S/C20H28N2O3/c1-6-11-21-12-10-16-17(20(21)24)8-7-9-18(16)25-13-19(23)22(14(2)3)15(4)5/h7-10,12,14-15H,6,11,13H2,1-5H3. The van der Waals surface area contributed by atoms with Crippen LogP contribution in [0.5, 0.6) is 5.75 Å². The van der Waals surface area contributed by atoms with Gasteiger partial charge in [-0.2, -0.15) is 0 Å². The first-order chi connectivity index (χ1) is 11.9. The Morgan fingerprint density at radius 1 is 1.12 bits per heavy atom. The third kappa shape index (κ3) is 4.21. The van der Waals surface area contributed by atoms with Crippen LogP contribution in [0.4, 0.5) is 0 Å². The molecule has 0 bridgehead atoms. The van der Waals surface area contributed by atoms with E-state index in [1.54, 1.807) is 33.9 Å². The number of ether oxygens (including phenoxy) is 1. The molecule has 1 aromatic heterocycles. The Balaban J connectivity index is 2.26. The van der Waals surface area contributed by atoms with Gasteiger partial charge in [-0.05, 0) is 52.3 Å². The van der Waals surface area contributed by atoms with E-state index in [4.69, 9.17) is 4.74 Å². The highest BCUT2D eigenvalue weighted by molar-refractivity contribution is 5.88. The van der Waals surface area contributed by atoms with Gasteiger partial charge in [-0.15, -0.1) is 0 Å². The predicted molar refractivity (Wildman–Crippen MR) is 101 cm³/mol. The van der Waals surface area contributed by atoms with Crippen LogP contribution < -0.4 is 10.3 Å². The summed E-state index contributed by atoms with van der Waals surface area (Å²) in [4.78, 5) is 26.8. The highest BCUT2D eigenvalue weighted by atomic mass is 16.5. The van der Waals surface area contributed by atoms with Crippen molar-refractivity contribution in [1.29, 1.82) is 0 Å². The van der Waals surface area contributed by atoms with Gasteiger partial charge in [0.2, 0.25) is 0 Å². The molecule has 0 fully saturated rings. The summed E-state index contributed by atoms with van der Waals surface area (Å²) in [7, 11) is 0. The minimum atomic E-state index is -0.0543. The molecular weight excluding hydrogens is 316 g/mol. The zero-order valence-electron chi connectivity index (χ0n) is 15.8. The minimum Gasteiger partial charge on any atom is -0.483 e. The van der Waals surface area contributed by atoms with Gasteiger partial charge in [0.15, 0.2) is 6.61 Å². The first-order valence-electron chi connectivity index (χ1n) is 8.93. The Morgan fingerprint density at radius 2 is 1.80 bits per heavy atom. The molecule has 136 valence electrons. The summed E-state index contributed by atoms with van der Waals surface area (Å²) in [5.74, 6) is 0.514. The maximum Gasteiger partial charge on any atom is 0.260 e. The monoisotopic (exact) mass is 344 g/mol. The number of fused-ring (bicyclic) bond motifs is 1. The average Bonchev–Trinajstić information content (AvgIpc) is 2.55. The van der Waals surface area contributed by atoms with Crippen molar-refractivity contribution in [2.45, 2.75) is 59.7 Å². The van der Waals surface area contributed by atoms with Crippen molar-refractivity contribution in [2.24, 2.45) is 0 Å². The fraction of sp³-hybridized carbons (Fsp3) is 0.500. The van der Waals surface area contributed by atoms with Crippen LogP contribution in [0.1, 0.15) is 41.0 Å². The van der Waals surface area contributed by atoms with Crippen molar-refractivity contribution in [3.05, 3.63) is 40.8 Å². The first-order valence-corrected chi connectivity index (χ1v) is 8.93. The van der Waals surface area contributed by atoms with Crippen LogP contribution in [-0.4, -0.2) is 34.1 Å². The fourth-order valence-electron chi connectivity index (χ4n) is 3.22. The number of aryl methyl sites for hydroxylation is 1. The summed E-state index contributed by atoms with van der Waals surface area (Å²) in [6.45, 7) is 10.7. The highest BCUT2D eigenvalue weighted by Crippen LogP contribution is 2.23. The molecule has 5 nitrogen and oxygen atoms in total. The predicted octanol–water partition coefficient (Wildman–Crippen LogP) is 3.44. The molecule has 1 aromatic carbocycles. The van der Waals surface area contributed by atoms with Crippen LogP contribution >= 0.6 is 0 Å². The smallest absolute Gasteiger partial charge is 0.260 e. The van der Waals surface area contributed by atoms with Crippen LogP contribution in [0.3, 0.4) is 0 Å². The van der Waals surface area contributed by atoms with E-state index in [1.165, 1.54) is 0 Å². The molecule has 2 aromatic rings. The van der Waals surface area contributed by atoms with Gasteiger partial charge >= 0.3 is 0 Å². The van der Waals surface area contributed by atoms with E-state index >= 15 is 0 Å². The lowest BCUT2D eigenvalue weighted by Crippen LogP contribution is -2.44. The maximum absolute atomic E-state index is 12.5. The number of benzene rings is 1. The Kier molecular flexibility index (Phi) is 6.23. The molecule has 2 rings (SSSR count). The molecule has 0 aliphatic carbocycles. The van der Waals surface area contributed by atoms with Gasteiger partial charge < -0.3 is 14.2 Å². The molecule has 0 atom stereocenters. The van der Waals surface area contributed by atoms with E-state index in [2.05, 4.69) is 0 Å². The third-order valence-corrected chi connectivity index (χ3v) is 4.19. The summed E-state index contributed by atoms with van der Waals surface area (Å²) in [6.07, 6.45) is 2.69. The molecule has 0 N–H and O–H groups in total. The number of aromatic nitrogens is 1. The molecule has 0 radical (unpaired) electrons. The van der Waals surface area contributed by atoms with Gasteiger partial charge in [-0.25, -0.2) is 0 Å². The van der Waals surface area contributed by atoms with Crippen LogP contribution in [0.15, 0.2) is 35.3 Å². The minimum absolute atomic E-state index is 0.0258. The number of amides is 1. The van der Waals surface area contributed by atoms with Crippen molar-refractivity contribution >= 4 is 16.7 Å². The number of carbonyl (C=O) groups excluding carboxylic acids is 1. The van der Waals surface area contributed by atoms with Gasteiger partial charge in [0.1, 0.15) is 5.75 Å². The molecule has 0 aliphatic heterocycles. The SMILES string of the molecule is CCCn1ccc2c(OCC(=O)N(C(C)C)C(C)C)cccc2c1=O. The summed E-state index contributed by atoms with van der Waals surface area (Å²) in [5, 5.41) is 1.36. The van der Waals surface area contributed by atoms with Gasteiger partial charge in [-0.3, -0.25) is 9.59 Å². The van der Waals surface area contributed by atoms with Crippen molar-refractivity contribution in [2.75, 3.05) is 6.61 Å². The Bertz CT molecular complexity index is 785. The van der Waals surface area contributed by atoms with Gasteiger partial charge in [0.05, 0.1) is 5.39 Å². The number of hydrogen-bond acceptors (Lipinski definition) is 3. The lowest BCUT2D eigenvalue weighted by atomic mass is 10.1. The zero-order valence-corrected chi connectivity index (χ0v) is 15.8. The number of hydrogen-bond donors (Lipinski definition) is 0. The second-order valence-electron chi connectivity index (χ2n) is 6.81. The van der Waals surface area contributed by atoms with E-state index in [0.717, 1.165) is 11.8 Å². The zero-order chi connectivity index (χ0) is 18.6. The molecule has 1 heterocycles. The molecule has 0 aliphatic rings. The molecule has 5 heteroatoms.